The normalized spacial score (nSPS) is 27.5. The van der Waals surface area contributed by atoms with Crippen LogP contribution in [0, 0.1) is 0 Å². The maximum atomic E-state index is 12.9. The van der Waals surface area contributed by atoms with Crippen LogP contribution in [0.3, 0.4) is 0 Å². The lowest BCUT2D eigenvalue weighted by Gasteiger charge is -2.35. The number of fused-ring (bicyclic) bond motifs is 1. The van der Waals surface area contributed by atoms with E-state index in [0.717, 1.165) is 0 Å². The summed E-state index contributed by atoms with van der Waals surface area (Å²) in [6, 6.07) is 0. The Morgan fingerprint density at radius 3 is 2.53 bits per heavy atom. The second-order valence-electron chi connectivity index (χ2n) is 8.48. The van der Waals surface area contributed by atoms with Gasteiger partial charge in [-0.05, 0) is 26.2 Å². The van der Waals surface area contributed by atoms with Crippen molar-refractivity contribution in [2.45, 2.75) is 89.2 Å². The van der Waals surface area contributed by atoms with E-state index in [1.807, 2.05) is 20.8 Å². The van der Waals surface area contributed by atoms with Crippen LogP contribution in [0.15, 0.2) is 12.7 Å². The third kappa shape index (κ3) is 4.69. The van der Waals surface area contributed by atoms with Crippen molar-refractivity contribution >= 4 is 24.6 Å². The molecule has 12 heteroatoms. The van der Waals surface area contributed by atoms with Gasteiger partial charge in [-0.25, -0.2) is 15.0 Å². The summed E-state index contributed by atoms with van der Waals surface area (Å²) in [5.74, 6) is 0.533. The van der Waals surface area contributed by atoms with Gasteiger partial charge in [0.25, 0.3) is 0 Å². The number of imidazole rings is 1. The van der Waals surface area contributed by atoms with Gasteiger partial charge in [0.2, 0.25) is 0 Å². The van der Waals surface area contributed by atoms with Crippen molar-refractivity contribution in [1.29, 1.82) is 0 Å². The highest BCUT2D eigenvalue weighted by molar-refractivity contribution is 7.53. The molecule has 1 fully saturated rings. The van der Waals surface area contributed by atoms with Crippen LogP contribution in [0.4, 0.5) is 5.82 Å². The van der Waals surface area contributed by atoms with E-state index in [4.69, 9.17) is 9.26 Å². The van der Waals surface area contributed by atoms with Gasteiger partial charge in [0.1, 0.15) is 24.1 Å². The molecule has 0 aromatic carbocycles. The van der Waals surface area contributed by atoms with E-state index in [-0.39, 0.29) is 6.42 Å². The number of nitrogens with zero attached hydrogens (tertiary/aromatic N) is 4. The molecular weight excluding hydrogens is 437 g/mol. The first-order chi connectivity index (χ1) is 15.1. The molecule has 0 bridgehead atoms. The number of nitrogens with one attached hydrogen (secondary N) is 1. The Bertz CT molecular complexity index is 969. The monoisotopic (exact) mass is 471 g/mol. The van der Waals surface area contributed by atoms with E-state index >= 15 is 0 Å². The van der Waals surface area contributed by atoms with E-state index in [0.29, 0.717) is 36.2 Å². The zero-order valence-corrected chi connectivity index (χ0v) is 20.1. The molecule has 0 spiro atoms. The SMILES string of the molecule is CCC(CC)P(=O)(O)OC(C)(CC)CC1OC(n2cnc3c(NC)ncnc32)C(O)C1O. The minimum Gasteiger partial charge on any atom is -0.388 e. The summed E-state index contributed by atoms with van der Waals surface area (Å²) in [6.45, 7) is 7.29. The van der Waals surface area contributed by atoms with Crippen LogP contribution in [0.5, 0.6) is 0 Å². The fourth-order valence-electron chi connectivity index (χ4n) is 4.16. The van der Waals surface area contributed by atoms with Crippen molar-refractivity contribution < 1.29 is 28.9 Å². The summed E-state index contributed by atoms with van der Waals surface area (Å²) >= 11 is 0. The molecule has 1 saturated heterocycles. The summed E-state index contributed by atoms with van der Waals surface area (Å²) < 4.78 is 26.2. The molecule has 1 aliphatic rings. The highest BCUT2D eigenvalue weighted by atomic mass is 31.2. The van der Waals surface area contributed by atoms with Crippen molar-refractivity contribution in [2.75, 3.05) is 12.4 Å². The van der Waals surface area contributed by atoms with Crippen LogP contribution >= 0.6 is 7.60 Å². The number of anilines is 1. The van der Waals surface area contributed by atoms with Crippen LogP contribution in [-0.4, -0.2) is 71.2 Å². The van der Waals surface area contributed by atoms with Crippen molar-refractivity contribution in [3.63, 3.8) is 0 Å². The standard InChI is InChI=1S/C20H34N5O6P/c1-6-12(7-2)32(28,29)31-20(4,8-3)9-13-15(26)16(27)19(30-13)25-11-24-14-17(21-5)22-10-23-18(14)25/h10-13,15-16,19,26-27H,6-9H2,1-5H3,(H,28,29)(H,21,22,23). The van der Waals surface area contributed by atoms with Crippen LogP contribution in [0.25, 0.3) is 11.2 Å². The second-order valence-corrected chi connectivity index (χ2v) is 10.5. The molecule has 3 heterocycles. The molecule has 2 aromatic heterocycles. The van der Waals surface area contributed by atoms with Gasteiger partial charge in [-0.1, -0.05) is 20.8 Å². The molecule has 0 saturated carbocycles. The molecule has 32 heavy (non-hydrogen) atoms. The molecule has 0 aliphatic carbocycles. The number of hydrogen-bond acceptors (Lipinski definition) is 9. The molecular formula is C20H34N5O6P. The van der Waals surface area contributed by atoms with E-state index < -0.39 is 43.4 Å². The number of aliphatic hydroxyl groups is 2. The van der Waals surface area contributed by atoms with Crippen molar-refractivity contribution in [1.82, 2.24) is 19.5 Å². The molecule has 0 radical (unpaired) electrons. The average Bonchev–Trinajstić information content (AvgIpc) is 3.30. The quantitative estimate of drug-likeness (QED) is 0.380. The van der Waals surface area contributed by atoms with Gasteiger partial charge in [0.05, 0.1) is 23.7 Å². The summed E-state index contributed by atoms with van der Waals surface area (Å²) in [5.41, 5.74) is -0.522. The van der Waals surface area contributed by atoms with Crippen LogP contribution in [0.2, 0.25) is 0 Å². The van der Waals surface area contributed by atoms with Crippen molar-refractivity contribution in [2.24, 2.45) is 0 Å². The fraction of sp³-hybridized carbons (Fsp3) is 0.750. The van der Waals surface area contributed by atoms with Gasteiger partial charge in [-0.2, -0.15) is 0 Å². The van der Waals surface area contributed by atoms with Gasteiger partial charge < -0.3 is 29.7 Å². The maximum Gasteiger partial charge on any atom is 0.331 e. The Labute approximate surface area is 187 Å². The first kappa shape index (κ1) is 25.0. The molecule has 3 rings (SSSR count). The summed E-state index contributed by atoms with van der Waals surface area (Å²) in [5, 5.41) is 24.4. The van der Waals surface area contributed by atoms with Crippen molar-refractivity contribution in [3.05, 3.63) is 12.7 Å². The van der Waals surface area contributed by atoms with Gasteiger partial charge in [-0.15, -0.1) is 0 Å². The predicted octanol–water partition coefficient (Wildman–Crippen LogP) is 2.44. The molecule has 4 N–H and O–H groups in total. The third-order valence-electron chi connectivity index (χ3n) is 6.34. The number of aliphatic hydroxyl groups excluding tert-OH is 2. The molecule has 6 unspecified atom stereocenters. The lowest BCUT2D eigenvalue weighted by Crippen LogP contribution is -2.39. The summed E-state index contributed by atoms with van der Waals surface area (Å²) in [6.07, 6.45) is 0.258. The minimum absolute atomic E-state index is 0.131. The van der Waals surface area contributed by atoms with E-state index in [1.54, 1.807) is 18.5 Å². The maximum absolute atomic E-state index is 12.9. The first-order valence-corrected chi connectivity index (χ1v) is 12.7. The van der Waals surface area contributed by atoms with Gasteiger partial charge >= 0.3 is 7.60 Å². The lowest BCUT2D eigenvalue weighted by molar-refractivity contribution is -0.0654. The Kier molecular flexibility index (Phi) is 7.59. The van der Waals surface area contributed by atoms with Crippen LogP contribution in [-0.2, 0) is 13.8 Å². The molecule has 11 nitrogen and oxygen atoms in total. The van der Waals surface area contributed by atoms with Gasteiger partial charge in [0.15, 0.2) is 17.7 Å². The summed E-state index contributed by atoms with van der Waals surface area (Å²) in [4.78, 5) is 23.2. The van der Waals surface area contributed by atoms with Gasteiger partial charge in [-0.3, -0.25) is 9.13 Å². The average molecular weight is 471 g/mol. The molecule has 2 aromatic rings. The Morgan fingerprint density at radius 2 is 1.94 bits per heavy atom. The highest BCUT2D eigenvalue weighted by Crippen LogP contribution is 2.55. The Hall–Kier alpha value is -1.62. The number of ether oxygens (including phenoxy) is 1. The minimum atomic E-state index is -3.88. The third-order valence-corrected chi connectivity index (χ3v) is 8.70. The molecule has 6 atom stereocenters. The van der Waals surface area contributed by atoms with Crippen LogP contribution < -0.4 is 5.32 Å². The number of rotatable bonds is 10. The smallest absolute Gasteiger partial charge is 0.331 e. The molecule has 0 amide bonds. The van der Waals surface area contributed by atoms with E-state index in [9.17, 15) is 19.7 Å². The zero-order valence-electron chi connectivity index (χ0n) is 19.2. The fourth-order valence-corrected chi connectivity index (χ4v) is 6.07. The second kappa shape index (κ2) is 9.70. The van der Waals surface area contributed by atoms with Gasteiger partial charge in [0, 0.05) is 13.5 Å². The lowest BCUT2D eigenvalue weighted by atomic mass is 9.93. The molecule has 1 aliphatic heterocycles. The largest absolute Gasteiger partial charge is 0.388 e. The number of aromatic nitrogens is 4. The summed E-state index contributed by atoms with van der Waals surface area (Å²) in [7, 11) is -2.16. The van der Waals surface area contributed by atoms with E-state index in [1.165, 1.54) is 12.7 Å². The predicted molar refractivity (Wildman–Crippen MR) is 119 cm³/mol. The van der Waals surface area contributed by atoms with Crippen molar-refractivity contribution in [3.8, 4) is 0 Å². The highest BCUT2D eigenvalue weighted by Gasteiger charge is 2.48. The zero-order chi connectivity index (χ0) is 23.7. The Morgan fingerprint density at radius 1 is 1.25 bits per heavy atom. The van der Waals surface area contributed by atoms with Crippen LogP contribution in [0.1, 0.15) is 59.6 Å². The topological polar surface area (TPSA) is 152 Å². The number of hydrogen-bond donors (Lipinski definition) is 4. The molecule has 180 valence electrons. The Balaban J connectivity index is 1.82. The first-order valence-electron chi connectivity index (χ1n) is 11.0. The van der Waals surface area contributed by atoms with E-state index in [2.05, 4.69) is 20.3 Å².